The van der Waals surface area contributed by atoms with Gasteiger partial charge in [-0.05, 0) is 5.92 Å². The van der Waals surface area contributed by atoms with Crippen LogP contribution in [0, 0.1) is 5.92 Å². The van der Waals surface area contributed by atoms with E-state index in [2.05, 4.69) is 10.3 Å². The molecular weight excluding hydrogens is 252 g/mol. The number of hydrogen-bond acceptors (Lipinski definition) is 4. The van der Waals surface area contributed by atoms with Gasteiger partial charge in [-0.2, -0.15) is 0 Å². The molecule has 18 heavy (non-hydrogen) atoms. The van der Waals surface area contributed by atoms with Crippen molar-refractivity contribution in [2.24, 2.45) is 5.92 Å². The lowest BCUT2D eigenvalue weighted by molar-refractivity contribution is -0.140. The summed E-state index contributed by atoms with van der Waals surface area (Å²) < 4.78 is 0. The third-order valence-electron chi connectivity index (χ3n) is 2.47. The van der Waals surface area contributed by atoms with Crippen LogP contribution in [0.1, 0.15) is 49.1 Å². The quantitative estimate of drug-likeness (QED) is 0.858. The van der Waals surface area contributed by atoms with E-state index in [9.17, 15) is 9.59 Å². The first-order valence-corrected chi connectivity index (χ1v) is 6.70. The summed E-state index contributed by atoms with van der Waals surface area (Å²) in [5, 5.41) is 14.0. The Kier molecular flexibility index (Phi) is 4.84. The highest BCUT2D eigenvalue weighted by Crippen LogP contribution is 2.19. The van der Waals surface area contributed by atoms with Gasteiger partial charge in [-0.25, -0.2) is 9.78 Å². The molecule has 0 aliphatic rings. The van der Waals surface area contributed by atoms with Crippen molar-refractivity contribution in [3.8, 4) is 0 Å². The Hall–Kier alpha value is -1.43. The van der Waals surface area contributed by atoms with Crippen molar-refractivity contribution in [3.63, 3.8) is 0 Å². The van der Waals surface area contributed by atoms with Crippen molar-refractivity contribution in [1.29, 1.82) is 0 Å². The average molecular weight is 270 g/mol. The third kappa shape index (κ3) is 3.53. The molecule has 0 aliphatic carbocycles. The van der Waals surface area contributed by atoms with Crippen molar-refractivity contribution in [1.82, 2.24) is 10.3 Å². The zero-order chi connectivity index (χ0) is 13.9. The standard InChI is InChI=1S/C12H18N2O3S/c1-6(2)9(12(16)17)14-10(15)8-5-18-11(13-8)7(3)4/h5-7,9H,1-4H3,(H,14,15)(H,16,17)/t9-/m1/s1. The highest BCUT2D eigenvalue weighted by Gasteiger charge is 2.25. The lowest BCUT2D eigenvalue weighted by Gasteiger charge is -2.16. The molecule has 100 valence electrons. The van der Waals surface area contributed by atoms with Gasteiger partial charge in [0.15, 0.2) is 0 Å². The highest BCUT2D eigenvalue weighted by atomic mass is 32.1. The summed E-state index contributed by atoms with van der Waals surface area (Å²) in [4.78, 5) is 27.1. The SMILES string of the molecule is CC(C)c1nc(C(=O)N[C@@H](C(=O)O)C(C)C)cs1. The van der Waals surface area contributed by atoms with Crippen molar-refractivity contribution in [3.05, 3.63) is 16.1 Å². The lowest BCUT2D eigenvalue weighted by Crippen LogP contribution is -2.44. The number of thiazole rings is 1. The van der Waals surface area contributed by atoms with Crippen LogP contribution in [0.25, 0.3) is 0 Å². The summed E-state index contributed by atoms with van der Waals surface area (Å²) >= 11 is 1.41. The summed E-state index contributed by atoms with van der Waals surface area (Å²) in [6, 6.07) is -0.887. The molecule has 6 heteroatoms. The second-order valence-corrected chi connectivity index (χ2v) is 5.65. The topological polar surface area (TPSA) is 79.3 Å². The second kappa shape index (κ2) is 5.95. The van der Waals surface area contributed by atoms with Crippen molar-refractivity contribution in [2.75, 3.05) is 0 Å². The van der Waals surface area contributed by atoms with E-state index in [1.165, 1.54) is 11.3 Å². The maximum atomic E-state index is 11.9. The summed E-state index contributed by atoms with van der Waals surface area (Å²) in [7, 11) is 0. The Morgan fingerprint density at radius 2 is 1.94 bits per heavy atom. The normalized spacial score (nSPS) is 12.8. The van der Waals surface area contributed by atoms with E-state index in [4.69, 9.17) is 5.11 Å². The first kappa shape index (κ1) is 14.6. The van der Waals surface area contributed by atoms with Crippen molar-refractivity contribution < 1.29 is 14.7 Å². The second-order valence-electron chi connectivity index (χ2n) is 4.76. The number of hydrogen-bond donors (Lipinski definition) is 2. The van der Waals surface area contributed by atoms with Gasteiger partial charge < -0.3 is 10.4 Å². The molecule has 0 unspecified atom stereocenters. The lowest BCUT2D eigenvalue weighted by atomic mass is 10.0. The van der Waals surface area contributed by atoms with Crippen molar-refractivity contribution in [2.45, 2.75) is 39.7 Å². The number of nitrogens with one attached hydrogen (secondary N) is 1. The van der Waals surface area contributed by atoms with E-state index < -0.39 is 17.9 Å². The third-order valence-corrected chi connectivity index (χ3v) is 3.61. The molecule has 0 saturated carbocycles. The number of carbonyl (C=O) groups is 2. The maximum absolute atomic E-state index is 11.9. The van der Waals surface area contributed by atoms with E-state index in [0.717, 1.165) is 5.01 Å². The fraction of sp³-hybridized carbons (Fsp3) is 0.583. The minimum atomic E-state index is -1.03. The van der Waals surface area contributed by atoms with Crippen LogP contribution >= 0.6 is 11.3 Å². The summed E-state index contributed by atoms with van der Waals surface area (Å²) in [6.45, 7) is 7.49. The first-order valence-electron chi connectivity index (χ1n) is 5.82. The number of carbonyl (C=O) groups excluding carboxylic acids is 1. The van der Waals surface area contributed by atoms with Crippen LogP contribution < -0.4 is 5.32 Å². The van der Waals surface area contributed by atoms with Gasteiger partial charge in [0, 0.05) is 11.3 Å². The number of rotatable bonds is 5. The fourth-order valence-corrected chi connectivity index (χ4v) is 2.20. The monoisotopic (exact) mass is 270 g/mol. The van der Waals surface area contributed by atoms with Gasteiger partial charge >= 0.3 is 5.97 Å². The molecule has 0 bridgehead atoms. The summed E-state index contributed by atoms with van der Waals surface area (Å²) in [5.41, 5.74) is 0.288. The molecule has 0 aromatic carbocycles. The zero-order valence-corrected chi connectivity index (χ0v) is 11.7. The molecule has 0 aliphatic heterocycles. The van der Waals surface area contributed by atoms with Crippen LogP contribution in [0.3, 0.4) is 0 Å². The number of carboxylic acids is 1. The van der Waals surface area contributed by atoms with Gasteiger partial charge in [0.1, 0.15) is 11.7 Å². The fourth-order valence-electron chi connectivity index (χ4n) is 1.39. The molecule has 1 rings (SSSR count). The van der Waals surface area contributed by atoms with Crippen LogP contribution in [0.2, 0.25) is 0 Å². The van der Waals surface area contributed by atoms with Gasteiger partial charge in [0.25, 0.3) is 5.91 Å². The molecule has 0 saturated heterocycles. The van der Waals surface area contributed by atoms with Crippen LogP contribution in [-0.2, 0) is 4.79 Å². The van der Waals surface area contributed by atoms with Crippen LogP contribution in [0.4, 0.5) is 0 Å². The van der Waals surface area contributed by atoms with Gasteiger partial charge in [-0.1, -0.05) is 27.7 Å². The van der Waals surface area contributed by atoms with Crippen LogP contribution in [0.15, 0.2) is 5.38 Å². The molecule has 0 radical (unpaired) electrons. The number of aromatic nitrogens is 1. The number of amides is 1. The van der Waals surface area contributed by atoms with Crippen LogP contribution in [-0.4, -0.2) is 28.0 Å². The molecule has 0 fully saturated rings. The molecule has 5 nitrogen and oxygen atoms in total. The van der Waals surface area contributed by atoms with Gasteiger partial charge in [0.05, 0.1) is 5.01 Å². The molecule has 1 heterocycles. The minimum Gasteiger partial charge on any atom is -0.480 e. The molecule has 1 aromatic heterocycles. The van der Waals surface area contributed by atoms with E-state index >= 15 is 0 Å². The van der Waals surface area contributed by atoms with Crippen LogP contribution in [0.5, 0.6) is 0 Å². The van der Waals surface area contributed by atoms with Gasteiger partial charge in [-0.15, -0.1) is 11.3 Å². The highest BCUT2D eigenvalue weighted by molar-refractivity contribution is 7.09. The predicted octanol–water partition coefficient (Wildman–Crippen LogP) is 2.11. The minimum absolute atomic E-state index is 0.172. The van der Waals surface area contributed by atoms with E-state index in [0.29, 0.717) is 0 Å². The molecule has 2 N–H and O–H groups in total. The molecule has 1 amide bonds. The van der Waals surface area contributed by atoms with Crippen molar-refractivity contribution >= 4 is 23.2 Å². The molecule has 1 aromatic rings. The van der Waals surface area contributed by atoms with Gasteiger partial charge in [0.2, 0.25) is 0 Å². The van der Waals surface area contributed by atoms with E-state index in [1.54, 1.807) is 19.2 Å². The largest absolute Gasteiger partial charge is 0.480 e. The summed E-state index contributed by atoms with van der Waals surface area (Å²) in [6.07, 6.45) is 0. The number of aliphatic carboxylic acids is 1. The smallest absolute Gasteiger partial charge is 0.326 e. The Morgan fingerprint density at radius 1 is 1.33 bits per heavy atom. The summed E-state index contributed by atoms with van der Waals surface area (Å²) in [5.74, 6) is -1.37. The first-order chi connectivity index (χ1) is 8.32. The Labute approximate surface area is 110 Å². The van der Waals surface area contributed by atoms with E-state index in [-0.39, 0.29) is 17.5 Å². The Bertz CT molecular complexity index is 440. The average Bonchev–Trinajstić information content (AvgIpc) is 2.73. The predicted molar refractivity (Wildman–Crippen MR) is 69.9 cm³/mol. The Balaban J connectivity index is 2.77. The number of carboxylic acid groups (broad SMARTS) is 1. The molecular formula is C12H18N2O3S. The zero-order valence-electron chi connectivity index (χ0n) is 10.9. The van der Waals surface area contributed by atoms with E-state index in [1.807, 2.05) is 13.8 Å². The molecule has 0 spiro atoms. The maximum Gasteiger partial charge on any atom is 0.326 e. The number of nitrogens with zero attached hydrogens (tertiary/aromatic N) is 1. The molecule has 1 atom stereocenters. The Morgan fingerprint density at radius 3 is 2.33 bits per heavy atom. The van der Waals surface area contributed by atoms with Gasteiger partial charge in [-0.3, -0.25) is 4.79 Å².